The predicted molar refractivity (Wildman–Crippen MR) is 109 cm³/mol. The smallest absolute Gasteiger partial charge is 0.207 e. The van der Waals surface area contributed by atoms with E-state index in [1.165, 1.54) is 34.3 Å². The molecule has 4 rings (SSSR count). The fourth-order valence-electron chi connectivity index (χ4n) is 2.77. The second-order valence-corrected chi connectivity index (χ2v) is 7.43. The summed E-state index contributed by atoms with van der Waals surface area (Å²) in [4.78, 5) is 17.3. The Balaban J connectivity index is 1.61. The average Bonchev–Trinajstić information content (AvgIpc) is 3.40. The topological polar surface area (TPSA) is 71.6 Å². The lowest BCUT2D eigenvalue weighted by atomic mass is 10.0. The van der Waals surface area contributed by atoms with Crippen LogP contribution in [0.2, 0.25) is 5.02 Å². The number of hydrogen-bond acceptors (Lipinski definition) is 5. The predicted octanol–water partition coefficient (Wildman–Crippen LogP) is 5.28. The van der Waals surface area contributed by atoms with Crippen molar-refractivity contribution in [3.05, 3.63) is 87.7 Å². The zero-order chi connectivity index (χ0) is 20.4. The number of thiazole rings is 1. The van der Waals surface area contributed by atoms with E-state index in [0.29, 0.717) is 15.7 Å². The lowest BCUT2D eigenvalue weighted by Crippen LogP contribution is -2.12. The number of nitrogens with zero attached hydrogens (tertiary/aromatic N) is 4. The molecule has 0 spiro atoms. The highest BCUT2D eigenvalue weighted by Crippen LogP contribution is 2.29. The number of ketones is 1. The lowest BCUT2D eigenvalue weighted by Gasteiger charge is -2.04. The molecule has 5 nitrogen and oxygen atoms in total. The Morgan fingerprint density at radius 2 is 1.93 bits per heavy atom. The number of rotatable bonds is 5. The van der Waals surface area contributed by atoms with Crippen LogP contribution in [0.1, 0.15) is 21.4 Å². The third-order valence-corrected chi connectivity index (χ3v) is 5.40. The molecule has 0 aliphatic carbocycles. The molecule has 0 amide bonds. The van der Waals surface area contributed by atoms with Gasteiger partial charge in [0.1, 0.15) is 22.2 Å². The molecule has 1 atom stereocenters. The summed E-state index contributed by atoms with van der Waals surface area (Å²) in [6, 6.07) is 16.7. The van der Waals surface area contributed by atoms with E-state index in [1.54, 1.807) is 35.7 Å². The molecular weight excluding hydrogens is 411 g/mol. The third-order valence-electron chi connectivity index (χ3n) is 4.24. The third kappa shape index (κ3) is 3.81. The van der Waals surface area contributed by atoms with Crippen LogP contribution < -0.4 is 0 Å². The van der Waals surface area contributed by atoms with Crippen LogP contribution >= 0.6 is 22.9 Å². The Hall–Kier alpha value is -3.34. The highest BCUT2D eigenvalue weighted by molar-refractivity contribution is 7.10. The Morgan fingerprint density at radius 1 is 1.17 bits per heavy atom. The van der Waals surface area contributed by atoms with E-state index in [1.807, 2.05) is 18.2 Å². The number of aromatic nitrogens is 3. The van der Waals surface area contributed by atoms with Gasteiger partial charge in [-0.15, -0.1) is 11.3 Å². The second-order valence-electron chi connectivity index (χ2n) is 6.10. The molecule has 2 aromatic heterocycles. The van der Waals surface area contributed by atoms with Gasteiger partial charge in [-0.1, -0.05) is 35.9 Å². The van der Waals surface area contributed by atoms with Crippen LogP contribution in [0.15, 0.2) is 66.2 Å². The minimum Gasteiger partial charge on any atom is -0.290 e. The number of Topliss-reactive ketones (excluding diaryl/α,β-unsaturated/α-hetero) is 1. The van der Waals surface area contributed by atoms with Crippen LogP contribution in [0.3, 0.4) is 0 Å². The second kappa shape index (κ2) is 7.95. The summed E-state index contributed by atoms with van der Waals surface area (Å²) in [5, 5.41) is 16.5. The van der Waals surface area contributed by atoms with Crippen molar-refractivity contribution >= 4 is 28.7 Å². The SMILES string of the molecule is N#CC(C(=O)c1ccn(-c2ccccc2F)n1)c1nc(-c2ccc(Cl)cc2)cs1. The molecule has 29 heavy (non-hydrogen) atoms. The Morgan fingerprint density at radius 3 is 2.66 bits per heavy atom. The van der Waals surface area contributed by atoms with Crippen molar-refractivity contribution in [2.45, 2.75) is 5.92 Å². The lowest BCUT2D eigenvalue weighted by molar-refractivity contribution is 0.0973. The summed E-state index contributed by atoms with van der Waals surface area (Å²) in [6.07, 6.45) is 1.49. The Labute approximate surface area is 174 Å². The maximum atomic E-state index is 13.9. The van der Waals surface area contributed by atoms with Gasteiger partial charge in [-0.05, 0) is 30.3 Å². The maximum Gasteiger partial charge on any atom is 0.207 e. The molecule has 0 aliphatic rings. The summed E-state index contributed by atoms with van der Waals surface area (Å²) in [5.74, 6) is -2.04. The number of nitriles is 1. The van der Waals surface area contributed by atoms with Crippen LogP contribution in [-0.2, 0) is 0 Å². The van der Waals surface area contributed by atoms with Crippen molar-refractivity contribution in [2.75, 3.05) is 0 Å². The first-order valence-electron chi connectivity index (χ1n) is 8.52. The first kappa shape index (κ1) is 19.0. The molecule has 142 valence electrons. The maximum absolute atomic E-state index is 13.9. The van der Waals surface area contributed by atoms with Gasteiger partial charge in [0.15, 0.2) is 5.92 Å². The zero-order valence-electron chi connectivity index (χ0n) is 14.8. The number of hydrogen-bond donors (Lipinski definition) is 0. The number of carbonyl (C=O) groups excluding carboxylic acids is 1. The number of carbonyl (C=O) groups is 1. The van der Waals surface area contributed by atoms with E-state index < -0.39 is 17.5 Å². The molecule has 0 bridgehead atoms. The number of benzene rings is 2. The van der Waals surface area contributed by atoms with E-state index in [9.17, 15) is 14.4 Å². The summed E-state index contributed by atoms with van der Waals surface area (Å²) in [5.41, 5.74) is 1.79. The van der Waals surface area contributed by atoms with Crippen molar-refractivity contribution in [2.24, 2.45) is 0 Å². The highest BCUT2D eigenvalue weighted by atomic mass is 35.5. The Kier molecular flexibility index (Phi) is 5.21. The van der Waals surface area contributed by atoms with Gasteiger partial charge in [-0.25, -0.2) is 14.1 Å². The van der Waals surface area contributed by atoms with Crippen molar-refractivity contribution < 1.29 is 9.18 Å². The van der Waals surface area contributed by atoms with Crippen molar-refractivity contribution in [3.63, 3.8) is 0 Å². The molecule has 2 aromatic carbocycles. The average molecular weight is 423 g/mol. The van der Waals surface area contributed by atoms with E-state index in [-0.39, 0.29) is 11.4 Å². The van der Waals surface area contributed by atoms with Crippen LogP contribution in [0.5, 0.6) is 0 Å². The van der Waals surface area contributed by atoms with E-state index in [0.717, 1.165) is 5.56 Å². The fraction of sp³-hybridized carbons (Fsp3) is 0.0476. The standard InChI is InChI=1S/C21H12ClFN4OS/c22-14-7-5-13(6-8-14)18-12-29-21(25-18)15(11-24)20(28)17-9-10-27(26-17)19-4-2-1-3-16(19)23/h1-10,12,15H. The molecule has 0 fully saturated rings. The fourth-order valence-corrected chi connectivity index (χ4v) is 3.77. The van der Waals surface area contributed by atoms with E-state index in [2.05, 4.69) is 10.1 Å². The zero-order valence-corrected chi connectivity index (χ0v) is 16.4. The monoisotopic (exact) mass is 422 g/mol. The minimum absolute atomic E-state index is 0.0723. The first-order chi connectivity index (χ1) is 14.1. The molecule has 4 aromatic rings. The first-order valence-corrected chi connectivity index (χ1v) is 9.78. The van der Waals surface area contributed by atoms with Crippen LogP contribution in [-0.4, -0.2) is 20.5 Å². The molecular formula is C21H12ClFN4OS. The van der Waals surface area contributed by atoms with Gasteiger partial charge >= 0.3 is 0 Å². The van der Waals surface area contributed by atoms with Gasteiger partial charge in [0.25, 0.3) is 0 Å². The van der Waals surface area contributed by atoms with Gasteiger partial charge in [0, 0.05) is 22.2 Å². The normalized spacial score (nSPS) is 11.8. The van der Waals surface area contributed by atoms with E-state index >= 15 is 0 Å². The molecule has 0 saturated heterocycles. The van der Waals surface area contributed by atoms with Gasteiger partial charge < -0.3 is 0 Å². The molecule has 0 aliphatic heterocycles. The van der Waals surface area contributed by atoms with Gasteiger partial charge in [0.2, 0.25) is 5.78 Å². The van der Waals surface area contributed by atoms with Crippen molar-refractivity contribution in [1.82, 2.24) is 14.8 Å². The van der Waals surface area contributed by atoms with Crippen molar-refractivity contribution in [1.29, 1.82) is 5.26 Å². The van der Waals surface area contributed by atoms with Crippen LogP contribution in [0, 0.1) is 17.1 Å². The molecule has 8 heteroatoms. The highest BCUT2D eigenvalue weighted by Gasteiger charge is 2.27. The molecule has 2 heterocycles. The molecule has 0 saturated carbocycles. The quantitative estimate of drug-likeness (QED) is 0.410. The minimum atomic E-state index is -1.09. The van der Waals surface area contributed by atoms with Crippen molar-refractivity contribution in [3.8, 4) is 23.0 Å². The Bertz CT molecular complexity index is 1230. The molecule has 1 unspecified atom stereocenters. The number of halogens is 2. The largest absolute Gasteiger partial charge is 0.290 e. The van der Waals surface area contributed by atoms with Crippen LogP contribution in [0.25, 0.3) is 16.9 Å². The summed E-state index contributed by atoms with van der Waals surface area (Å²) < 4.78 is 15.2. The van der Waals surface area contributed by atoms with Gasteiger partial charge in [0.05, 0.1) is 11.8 Å². The van der Waals surface area contributed by atoms with Crippen LogP contribution in [0.4, 0.5) is 4.39 Å². The summed E-state index contributed by atoms with van der Waals surface area (Å²) in [6.45, 7) is 0. The van der Waals surface area contributed by atoms with Gasteiger partial charge in [-0.2, -0.15) is 10.4 Å². The molecule has 0 N–H and O–H groups in total. The molecule has 0 radical (unpaired) electrons. The number of para-hydroxylation sites is 1. The van der Waals surface area contributed by atoms with Gasteiger partial charge in [-0.3, -0.25) is 4.79 Å². The summed E-state index contributed by atoms with van der Waals surface area (Å²) >= 11 is 7.13. The summed E-state index contributed by atoms with van der Waals surface area (Å²) in [7, 11) is 0. The van der Waals surface area contributed by atoms with E-state index in [4.69, 9.17) is 11.6 Å².